The van der Waals surface area contributed by atoms with Crippen LogP contribution in [0.1, 0.15) is 41.6 Å². The maximum Gasteiger partial charge on any atom is 0.256 e. The van der Waals surface area contributed by atoms with Gasteiger partial charge in [0.2, 0.25) is 0 Å². The molecule has 1 aliphatic rings. The van der Waals surface area contributed by atoms with Crippen molar-refractivity contribution in [3.8, 4) is 0 Å². The molecular weight excluding hydrogens is 426 g/mol. The fraction of sp³-hybridized carbons (Fsp3) is 0.400. The first-order valence-corrected chi connectivity index (χ1v) is 10.0. The first-order chi connectivity index (χ1) is 13.8. The maximum absolute atomic E-state index is 14.3. The van der Waals surface area contributed by atoms with E-state index >= 15 is 0 Å². The van der Waals surface area contributed by atoms with Gasteiger partial charge in [-0.25, -0.2) is 18.2 Å². The average molecular weight is 446 g/mol. The molecule has 0 aliphatic heterocycles. The quantitative estimate of drug-likeness (QED) is 0.362. The summed E-state index contributed by atoms with van der Waals surface area (Å²) < 4.78 is 41.6. The molecule has 0 unspecified atom stereocenters. The number of carbonyl (C=O) groups excluding carboxylic acids is 1. The third kappa shape index (κ3) is 4.95. The molecule has 3 rings (SSSR count). The Bertz CT molecular complexity index is 872. The summed E-state index contributed by atoms with van der Waals surface area (Å²) in [5.74, 6) is -4.36. The molecule has 1 saturated carbocycles. The molecule has 1 amide bonds. The highest BCUT2D eigenvalue weighted by atomic mass is 35.5. The number of pyridine rings is 1. The van der Waals surface area contributed by atoms with Crippen molar-refractivity contribution in [1.29, 1.82) is 0 Å². The van der Waals surface area contributed by atoms with E-state index in [2.05, 4.69) is 15.6 Å². The van der Waals surface area contributed by atoms with Crippen LogP contribution in [-0.4, -0.2) is 23.5 Å². The standard InChI is InChI=1S/C20H20Cl2F3N3O/c1-10-17(23)15(16(22)19(25)18(10)24)20(29)28-12-4-2-11(3-5-12)8-26-13-6-7-14(21)27-9-13/h6-7,9,11-12,26H,2-5,8H2,1H3,(H,28,29). The Labute approximate surface area is 176 Å². The van der Waals surface area contributed by atoms with Crippen molar-refractivity contribution >= 4 is 34.8 Å². The van der Waals surface area contributed by atoms with Gasteiger partial charge in [0.1, 0.15) is 11.0 Å². The van der Waals surface area contributed by atoms with Gasteiger partial charge in [-0.1, -0.05) is 23.2 Å². The van der Waals surface area contributed by atoms with Gasteiger partial charge in [0.25, 0.3) is 5.91 Å². The van der Waals surface area contributed by atoms with E-state index in [1.165, 1.54) is 0 Å². The smallest absolute Gasteiger partial charge is 0.256 e. The predicted molar refractivity (Wildman–Crippen MR) is 107 cm³/mol. The number of nitrogens with one attached hydrogen (secondary N) is 2. The third-order valence-electron chi connectivity index (χ3n) is 5.21. The van der Waals surface area contributed by atoms with E-state index in [1.54, 1.807) is 12.3 Å². The molecule has 2 N–H and O–H groups in total. The zero-order valence-electron chi connectivity index (χ0n) is 15.7. The number of hydrogen-bond donors (Lipinski definition) is 2. The second kappa shape index (κ2) is 9.22. The first-order valence-electron chi connectivity index (χ1n) is 9.26. The van der Waals surface area contributed by atoms with Crippen molar-refractivity contribution in [2.75, 3.05) is 11.9 Å². The summed E-state index contributed by atoms with van der Waals surface area (Å²) in [6, 6.07) is 3.38. The van der Waals surface area contributed by atoms with E-state index in [0.29, 0.717) is 23.9 Å². The fourth-order valence-corrected chi connectivity index (χ4v) is 3.82. The molecule has 0 spiro atoms. The molecule has 1 aromatic carbocycles. The van der Waals surface area contributed by atoms with Crippen LogP contribution in [0.5, 0.6) is 0 Å². The van der Waals surface area contributed by atoms with Gasteiger partial charge in [-0.15, -0.1) is 0 Å². The van der Waals surface area contributed by atoms with Crippen LogP contribution in [0.3, 0.4) is 0 Å². The molecule has 0 saturated heterocycles. The van der Waals surface area contributed by atoms with Crippen molar-refractivity contribution < 1.29 is 18.0 Å². The van der Waals surface area contributed by atoms with E-state index in [0.717, 1.165) is 32.0 Å². The summed E-state index contributed by atoms with van der Waals surface area (Å²) in [6.07, 6.45) is 4.76. The lowest BCUT2D eigenvalue weighted by Crippen LogP contribution is -2.39. The first kappa shape index (κ1) is 21.7. The summed E-state index contributed by atoms with van der Waals surface area (Å²) in [4.78, 5) is 16.4. The van der Waals surface area contributed by atoms with Gasteiger partial charge in [-0.05, 0) is 50.7 Å². The minimum absolute atomic E-state index is 0.181. The number of aromatic nitrogens is 1. The molecule has 1 aliphatic carbocycles. The summed E-state index contributed by atoms with van der Waals surface area (Å²) >= 11 is 11.4. The van der Waals surface area contributed by atoms with Gasteiger partial charge in [-0.2, -0.15) is 0 Å². The van der Waals surface area contributed by atoms with Gasteiger partial charge >= 0.3 is 0 Å². The van der Waals surface area contributed by atoms with Crippen molar-refractivity contribution in [2.45, 2.75) is 38.6 Å². The van der Waals surface area contributed by atoms with E-state index in [9.17, 15) is 18.0 Å². The molecule has 0 radical (unpaired) electrons. The van der Waals surface area contributed by atoms with Crippen molar-refractivity contribution in [3.05, 3.63) is 57.1 Å². The number of nitrogens with zero attached hydrogens (tertiary/aromatic N) is 1. The Morgan fingerprint density at radius 2 is 1.79 bits per heavy atom. The Kier molecular flexibility index (Phi) is 6.90. The molecule has 2 aromatic rings. The summed E-state index contributed by atoms with van der Waals surface area (Å²) in [7, 11) is 0. The zero-order valence-corrected chi connectivity index (χ0v) is 17.2. The second-order valence-electron chi connectivity index (χ2n) is 7.20. The molecule has 9 heteroatoms. The molecule has 1 fully saturated rings. The van der Waals surface area contributed by atoms with Crippen LogP contribution in [0, 0.1) is 30.3 Å². The normalized spacial score (nSPS) is 19.1. The van der Waals surface area contributed by atoms with Crippen LogP contribution in [0.25, 0.3) is 0 Å². The van der Waals surface area contributed by atoms with Gasteiger partial charge in [0, 0.05) is 18.2 Å². The molecule has 1 aromatic heterocycles. The number of amides is 1. The molecule has 1 heterocycles. The highest BCUT2D eigenvalue weighted by Crippen LogP contribution is 2.30. The summed E-state index contributed by atoms with van der Waals surface area (Å²) in [5, 5.41) is 5.59. The minimum Gasteiger partial charge on any atom is -0.384 e. The zero-order chi connectivity index (χ0) is 21.1. The lowest BCUT2D eigenvalue weighted by atomic mass is 9.86. The number of benzene rings is 1. The van der Waals surface area contributed by atoms with Crippen molar-refractivity contribution in [2.24, 2.45) is 5.92 Å². The van der Waals surface area contributed by atoms with Crippen LogP contribution >= 0.6 is 23.2 Å². The Morgan fingerprint density at radius 1 is 1.10 bits per heavy atom. The second-order valence-corrected chi connectivity index (χ2v) is 7.96. The number of anilines is 1. The van der Waals surface area contributed by atoms with Crippen LogP contribution in [-0.2, 0) is 0 Å². The van der Waals surface area contributed by atoms with Crippen LogP contribution < -0.4 is 10.6 Å². The van der Waals surface area contributed by atoms with Crippen LogP contribution in [0.4, 0.5) is 18.9 Å². The van der Waals surface area contributed by atoms with E-state index in [4.69, 9.17) is 23.2 Å². The van der Waals surface area contributed by atoms with Crippen molar-refractivity contribution in [1.82, 2.24) is 10.3 Å². The molecule has 0 bridgehead atoms. The lowest BCUT2D eigenvalue weighted by molar-refractivity contribution is 0.0918. The molecular formula is C20H20Cl2F3N3O. The van der Waals surface area contributed by atoms with Gasteiger partial charge in [0.05, 0.1) is 22.5 Å². The minimum atomic E-state index is -1.41. The fourth-order valence-electron chi connectivity index (χ4n) is 3.46. The Morgan fingerprint density at radius 3 is 2.41 bits per heavy atom. The van der Waals surface area contributed by atoms with E-state index < -0.39 is 39.5 Å². The summed E-state index contributed by atoms with van der Waals surface area (Å²) in [6.45, 7) is 1.82. The van der Waals surface area contributed by atoms with Gasteiger partial charge in [0.15, 0.2) is 11.6 Å². The molecule has 156 valence electrons. The highest BCUT2D eigenvalue weighted by Gasteiger charge is 2.29. The molecule has 0 atom stereocenters. The number of halogens is 5. The monoisotopic (exact) mass is 445 g/mol. The number of hydrogen-bond acceptors (Lipinski definition) is 3. The Hall–Kier alpha value is -1.99. The SMILES string of the molecule is Cc1c(F)c(F)c(Cl)c(C(=O)NC2CCC(CNc3ccc(Cl)nc3)CC2)c1F. The lowest BCUT2D eigenvalue weighted by Gasteiger charge is -2.29. The highest BCUT2D eigenvalue weighted by molar-refractivity contribution is 6.34. The number of rotatable bonds is 5. The van der Waals surface area contributed by atoms with Crippen LogP contribution in [0.15, 0.2) is 18.3 Å². The number of carbonyl (C=O) groups is 1. The van der Waals surface area contributed by atoms with Crippen LogP contribution in [0.2, 0.25) is 10.2 Å². The van der Waals surface area contributed by atoms with E-state index in [-0.39, 0.29) is 6.04 Å². The largest absolute Gasteiger partial charge is 0.384 e. The molecule has 29 heavy (non-hydrogen) atoms. The van der Waals surface area contributed by atoms with E-state index in [1.807, 2.05) is 6.07 Å². The third-order valence-corrected chi connectivity index (χ3v) is 5.79. The van der Waals surface area contributed by atoms with Gasteiger partial charge < -0.3 is 10.6 Å². The molecule has 4 nitrogen and oxygen atoms in total. The van der Waals surface area contributed by atoms with Crippen molar-refractivity contribution in [3.63, 3.8) is 0 Å². The summed E-state index contributed by atoms with van der Waals surface area (Å²) in [5.41, 5.74) is -0.339. The average Bonchev–Trinajstić information content (AvgIpc) is 2.71. The predicted octanol–water partition coefficient (Wildman–Crippen LogP) is 5.51. The Balaban J connectivity index is 1.54. The topological polar surface area (TPSA) is 54.0 Å². The van der Waals surface area contributed by atoms with Gasteiger partial charge in [-0.3, -0.25) is 4.79 Å². The maximum atomic E-state index is 14.3.